The quantitative estimate of drug-likeness (QED) is 0.783. The summed E-state index contributed by atoms with van der Waals surface area (Å²) in [5, 5.41) is 9.01. The number of aromatic nitrogens is 2. The zero-order chi connectivity index (χ0) is 14.0. The van der Waals surface area contributed by atoms with E-state index in [1.807, 2.05) is 19.1 Å². The normalized spacial score (nSPS) is 14.3. The summed E-state index contributed by atoms with van der Waals surface area (Å²) < 4.78 is 2.15. The molecule has 0 bridgehead atoms. The van der Waals surface area contributed by atoms with Crippen LogP contribution in [-0.2, 0) is 6.54 Å². The predicted molar refractivity (Wildman–Crippen MR) is 78.2 cm³/mol. The van der Waals surface area contributed by atoms with Crippen molar-refractivity contribution >= 4 is 22.6 Å². The topological polar surface area (TPSA) is 41.6 Å². The van der Waals surface area contributed by atoms with Crippen LogP contribution in [0.25, 0.3) is 11.0 Å². The number of halogens is 1. The molecule has 0 aliphatic rings. The third kappa shape index (κ3) is 2.59. The molecule has 1 aromatic heterocycles. The first-order valence-corrected chi connectivity index (χ1v) is 7.05. The summed E-state index contributed by atoms with van der Waals surface area (Å²) in [5.74, 6) is 1.40. The molecule has 0 saturated heterocycles. The van der Waals surface area contributed by atoms with E-state index in [-0.39, 0.29) is 5.38 Å². The molecule has 2 aromatic rings. The minimum Gasteiger partial charge on any atom is -0.326 e. The Morgan fingerprint density at radius 1 is 1.42 bits per heavy atom. The predicted octanol–water partition coefficient (Wildman–Crippen LogP) is 4.25. The van der Waals surface area contributed by atoms with E-state index in [2.05, 4.69) is 29.5 Å². The molecule has 2 rings (SSSR count). The Bertz CT molecular complexity index is 622. The molecule has 0 aliphatic carbocycles. The molecule has 0 saturated carbocycles. The molecule has 0 spiro atoms. The molecular formula is C15H18ClN3. The highest BCUT2D eigenvalue weighted by atomic mass is 35.5. The van der Waals surface area contributed by atoms with Crippen molar-refractivity contribution in [3.8, 4) is 6.07 Å². The van der Waals surface area contributed by atoms with E-state index in [1.165, 1.54) is 0 Å². The Hall–Kier alpha value is -1.53. The van der Waals surface area contributed by atoms with Crippen molar-refractivity contribution in [1.82, 2.24) is 9.55 Å². The highest BCUT2D eigenvalue weighted by Crippen LogP contribution is 2.27. The van der Waals surface area contributed by atoms with Crippen LogP contribution in [0.4, 0.5) is 0 Å². The fourth-order valence-electron chi connectivity index (χ4n) is 2.19. The number of alkyl halides is 1. The third-order valence-corrected chi connectivity index (χ3v) is 3.67. The van der Waals surface area contributed by atoms with Crippen LogP contribution in [-0.4, -0.2) is 9.55 Å². The highest BCUT2D eigenvalue weighted by Gasteiger charge is 2.17. The van der Waals surface area contributed by atoms with Gasteiger partial charge in [0.1, 0.15) is 17.4 Å². The minimum absolute atomic E-state index is 0.164. The lowest BCUT2D eigenvalue weighted by atomic mass is 10.1. The van der Waals surface area contributed by atoms with Crippen molar-refractivity contribution in [2.24, 2.45) is 5.92 Å². The van der Waals surface area contributed by atoms with Crippen LogP contribution in [0.3, 0.4) is 0 Å². The van der Waals surface area contributed by atoms with Crippen LogP contribution < -0.4 is 0 Å². The van der Waals surface area contributed by atoms with Crippen LogP contribution in [0.2, 0.25) is 0 Å². The zero-order valence-corrected chi connectivity index (χ0v) is 12.3. The molecule has 100 valence electrons. The number of para-hydroxylation sites is 1. The molecule has 0 aliphatic heterocycles. The van der Waals surface area contributed by atoms with E-state index in [0.717, 1.165) is 29.8 Å². The van der Waals surface area contributed by atoms with Gasteiger partial charge in [0.15, 0.2) is 0 Å². The lowest BCUT2D eigenvalue weighted by Crippen LogP contribution is -2.10. The number of fused-ring (bicyclic) bond motifs is 1. The summed E-state index contributed by atoms with van der Waals surface area (Å²) in [6.07, 6.45) is 1.10. The second-order valence-electron chi connectivity index (χ2n) is 5.00. The molecular weight excluding hydrogens is 258 g/mol. The maximum atomic E-state index is 9.17. The maximum absolute atomic E-state index is 9.17. The Balaban J connectivity index is 2.65. The summed E-state index contributed by atoms with van der Waals surface area (Å²) >= 11 is 6.24. The van der Waals surface area contributed by atoms with Gasteiger partial charge in [-0.25, -0.2) is 4.98 Å². The Morgan fingerprint density at radius 2 is 2.16 bits per heavy atom. The van der Waals surface area contributed by atoms with Gasteiger partial charge in [-0.3, -0.25) is 0 Å². The van der Waals surface area contributed by atoms with Gasteiger partial charge in [-0.1, -0.05) is 26.3 Å². The van der Waals surface area contributed by atoms with Gasteiger partial charge in [0.2, 0.25) is 0 Å². The van der Waals surface area contributed by atoms with Crippen molar-refractivity contribution < 1.29 is 0 Å². The molecule has 2 unspecified atom stereocenters. The lowest BCUT2D eigenvalue weighted by molar-refractivity contribution is 0.465. The van der Waals surface area contributed by atoms with Crippen molar-refractivity contribution in [3.05, 3.63) is 29.6 Å². The molecule has 0 fully saturated rings. The molecule has 2 atom stereocenters. The van der Waals surface area contributed by atoms with Crippen molar-refractivity contribution in [3.63, 3.8) is 0 Å². The van der Waals surface area contributed by atoms with Gasteiger partial charge in [0.05, 0.1) is 16.5 Å². The van der Waals surface area contributed by atoms with Gasteiger partial charge in [-0.15, -0.1) is 11.6 Å². The van der Waals surface area contributed by atoms with Gasteiger partial charge in [0, 0.05) is 6.54 Å². The average molecular weight is 276 g/mol. The van der Waals surface area contributed by atoms with Crippen LogP contribution in [0.1, 0.15) is 44.0 Å². The summed E-state index contributed by atoms with van der Waals surface area (Å²) in [4.78, 5) is 4.58. The highest BCUT2D eigenvalue weighted by molar-refractivity contribution is 6.20. The molecule has 1 aromatic carbocycles. The van der Waals surface area contributed by atoms with E-state index < -0.39 is 0 Å². The number of imidazole rings is 1. The number of nitrogens with zero attached hydrogens (tertiary/aromatic N) is 3. The molecule has 3 nitrogen and oxygen atoms in total. The van der Waals surface area contributed by atoms with Gasteiger partial charge < -0.3 is 4.57 Å². The third-order valence-electron chi connectivity index (χ3n) is 3.48. The Morgan fingerprint density at radius 3 is 2.74 bits per heavy atom. The average Bonchev–Trinajstić information content (AvgIpc) is 2.77. The number of hydrogen-bond acceptors (Lipinski definition) is 2. The number of nitriles is 1. The fraction of sp³-hybridized carbons (Fsp3) is 0.467. The van der Waals surface area contributed by atoms with E-state index in [9.17, 15) is 5.26 Å². The Labute approximate surface area is 118 Å². The van der Waals surface area contributed by atoms with Gasteiger partial charge in [-0.05, 0) is 25.0 Å². The second-order valence-corrected chi connectivity index (χ2v) is 5.65. The van der Waals surface area contributed by atoms with E-state index >= 15 is 0 Å². The van der Waals surface area contributed by atoms with Gasteiger partial charge in [0.25, 0.3) is 0 Å². The van der Waals surface area contributed by atoms with Crippen molar-refractivity contribution in [2.75, 3.05) is 0 Å². The number of benzene rings is 1. The number of hydrogen-bond donors (Lipinski definition) is 0. The minimum atomic E-state index is -0.164. The largest absolute Gasteiger partial charge is 0.326 e. The summed E-state index contributed by atoms with van der Waals surface area (Å²) in [5.41, 5.74) is 2.37. The van der Waals surface area contributed by atoms with Crippen LogP contribution >= 0.6 is 11.6 Å². The maximum Gasteiger partial charge on any atom is 0.127 e. The monoisotopic (exact) mass is 275 g/mol. The first-order chi connectivity index (χ1) is 9.08. The van der Waals surface area contributed by atoms with Crippen LogP contribution in [0, 0.1) is 17.2 Å². The van der Waals surface area contributed by atoms with Crippen molar-refractivity contribution in [1.29, 1.82) is 5.26 Å². The van der Waals surface area contributed by atoms with Crippen LogP contribution in [0.5, 0.6) is 0 Å². The molecule has 19 heavy (non-hydrogen) atoms. The standard InChI is InChI=1S/C15H18ClN3/c1-4-10(2)9-19-13-7-5-6-12(8-17)14(13)18-15(19)11(3)16/h5-7,10-11H,4,9H2,1-3H3. The molecule has 0 radical (unpaired) electrons. The number of rotatable bonds is 4. The van der Waals surface area contributed by atoms with Crippen molar-refractivity contribution in [2.45, 2.75) is 39.1 Å². The fourth-order valence-corrected chi connectivity index (χ4v) is 2.36. The lowest BCUT2D eigenvalue weighted by Gasteiger charge is -2.14. The SMILES string of the molecule is CCC(C)Cn1c(C(C)Cl)nc2c(C#N)cccc21. The summed E-state index contributed by atoms with van der Waals surface area (Å²) in [6, 6.07) is 7.90. The Kier molecular flexibility index (Phi) is 4.11. The van der Waals surface area contributed by atoms with Gasteiger partial charge >= 0.3 is 0 Å². The molecule has 4 heteroatoms. The molecule has 0 N–H and O–H groups in total. The van der Waals surface area contributed by atoms with Crippen LogP contribution in [0.15, 0.2) is 18.2 Å². The van der Waals surface area contributed by atoms with E-state index in [4.69, 9.17) is 11.6 Å². The summed E-state index contributed by atoms with van der Waals surface area (Å²) in [6.45, 7) is 7.19. The zero-order valence-electron chi connectivity index (χ0n) is 11.5. The summed E-state index contributed by atoms with van der Waals surface area (Å²) in [7, 11) is 0. The smallest absolute Gasteiger partial charge is 0.127 e. The van der Waals surface area contributed by atoms with E-state index in [0.29, 0.717) is 11.5 Å². The first kappa shape index (κ1) is 13.9. The first-order valence-electron chi connectivity index (χ1n) is 6.61. The second kappa shape index (κ2) is 5.63. The molecule has 1 heterocycles. The van der Waals surface area contributed by atoms with Gasteiger partial charge in [-0.2, -0.15) is 5.26 Å². The van der Waals surface area contributed by atoms with E-state index in [1.54, 1.807) is 6.07 Å². The molecule has 0 amide bonds.